The van der Waals surface area contributed by atoms with E-state index in [2.05, 4.69) is 31.3 Å². The zero-order chi connectivity index (χ0) is 19.1. The predicted octanol–water partition coefficient (Wildman–Crippen LogP) is 2.18. The number of carbonyl (C=O) groups is 1. The van der Waals surface area contributed by atoms with E-state index in [0.29, 0.717) is 30.8 Å². The number of amides is 1. The minimum absolute atomic E-state index is 0.164. The molecule has 0 atom stereocenters. The van der Waals surface area contributed by atoms with Gasteiger partial charge in [-0.1, -0.05) is 17.3 Å². The number of piperidine rings is 1. The number of nitrogens with one attached hydrogen (secondary N) is 1. The molecule has 3 aromatic rings. The van der Waals surface area contributed by atoms with Crippen LogP contribution in [0.1, 0.15) is 30.7 Å². The molecule has 2 aliphatic rings. The molecule has 0 saturated carbocycles. The van der Waals surface area contributed by atoms with Gasteiger partial charge in [0.1, 0.15) is 0 Å². The van der Waals surface area contributed by atoms with E-state index in [9.17, 15) is 4.79 Å². The molecule has 9 nitrogen and oxygen atoms in total. The Morgan fingerprint density at radius 1 is 1.29 bits per heavy atom. The highest BCUT2D eigenvalue weighted by Gasteiger charge is 2.28. The first-order valence-electron chi connectivity index (χ1n) is 9.58. The van der Waals surface area contributed by atoms with E-state index in [-0.39, 0.29) is 12.0 Å². The molecule has 0 unspecified atom stereocenters. The van der Waals surface area contributed by atoms with Gasteiger partial charge in [0, 0.05) is 43.0 Å². The van der Waals surface area contributed by atoms with Crippen molar-refractivity contribution in [1.29, 1.82) is 0 Å². The first-order valence-corrected chi connectivity index (χ1v) is 9.58. The molecule has 2 aliphatic heterocycles. The third-order valence-electron chi connectivity index (χ3n) is 5.68. The summed E-state index contributed by atoms with van der Waals surface area (Å²) in [6.07, 6.45) is 3.19. The number of benzene rings is 1. The molecular weight excluding hydrogens is 360 g/mol. The molecule has 146 valence electrons. The molecule has 5 rings (SSSR count). The van der Waals surface area contributed by atoms with Crippen LogP contribution < -0.4 is 5.32 Å². The Morgan fingerprint density at radius 3 is 2.82 bits per heavy atom. The molecule has 1 amide bonds. The first-order chi connectivity index (χ1) is 13.7. The van der Waals surface area contributed by atoms with Gasteiger partial charge in [0.25, 0.3) is 0 Å². The number of nitrogens with zero attached hydrogens (tertiary/aromatic N) is 5. The van der Waals surface area contributed by atoms with E-state index in [1.165, 1.54) is 7.11 Å². The summed E-state index contributed by atoms with van der Waals surface area (Å²) >= 11 is 0. The molecule has 0 bridgehead atoms. The minimum atomic E-state index is -0.281. The molecule has 1 N–H and O–H groups in total. The Balaban J connectivity index is 1.35. The van der Waals surface area contributed by atoms with Gasteiger partial charge < -0.3 is 19.5 Å². The number of hydrogen-bond donors (Lipinski definition) is 1. The molecule has 2 fully saturated rings. The van der Waals surface area contributed by atoms with Crippen LogP contribution in [0.25, 0.3) is 22.3 Å². The summed E-state index contributed by atoms with van der Waals surface area (Å²) in [5.74, 6) is 1.39. The smallest absolute Gasteiger partial charge is 0.409 e. The molecule has 1 aromatic carbocycles. The number of methoxy groups -OCH3 is 1. The van der Waals surface area contributed by atoms with Crippen molar-refractivity contribution in [3.05, 3.63) is 30.3 Å². The molecule has 28 heavy (non-hydrogen) atoms. The van der Waals surface area contributed by atoms with E-state index in [4.69, 9.17) is 9.26 Å². The maximum absolute atomic E-state index is 11.6. The van der Waals surface area contributed by atoms with Crippen molar-refractivity contribution >= 4 is 17.0 Å². The Kier molecular flexibility index (Phi) is 4.23. The topological polar surface area (TPSA) is 98.3 Å². The number of fused-ring (bicyclic) bond motifs is 1. The van der Waals surface area contributed by atoms with E-state index < -0.39 is 0 Å². The summed E-state index contributed by atoms with van der Waals surface area (Å²) in [5, 5.41) is 13.1. The summed E-state index contributed by atoms with van der Waals surface area (Å²) in [6, 6.07) is 6.52. The number of likely N-dealkylation sites (tertiary alicyclic amines) is 1. The van der Waals surface area contributed by atoms with Gasteiger partial charge in [-0.25, -0.2) is 4.79 Å². The van der Waals surface area contributed by atoms with Crippen LogP contribution in [0, 0.1) is 0 Å². The fourth-order valence-corrected chi connectivity index (χ4v) is 3.87. The molecule has 4 heterocycles. The number of aromatic nitrogens is 4. The number of rotatable bonds is 3. The highest BCUT2D eigenvalue weighted by atomic mass is 16.5. The molecule has 9 heteroatoms. The minimum Gasteiger partial charge on any atom is -0.453 e. The van der Waals surface area contributed by atoms with Crippen LogP contribution in [-0.4, -0.2) is 64.2 Å². The fraction of sp³-hybridized carbons (Fsp3) is 0.474. The normalized spacial score (nSPS) is 18.4. The quantitative estimate of drug-likeness (QED) is 0.741. The van der Waals surface area contributed by atoms with Crippen LogP contribution >= 0.6 is 0 Å². The van der Waals surface area contributed by atoms with Crippen LogP contribution in [0.3, 0.4) is 0 Å². The average molecular weight is 382 g/mol. The van der Waals surface area contributed by atoms with Gasteiger partial charge in [0.15, 0.2) is 0 Å². The Morgan fingerprint density at radius 2 is 2.11 bits per heavy atom. The second kappa shape index (κ2) is 6.90. The van der Waals surface area contributed by atoms with Gasteiger partial charge in [0.05, 0.1) is 24.9 Å². The van der Waals surface area contributed by atoms with E-state index >= 15 is 0 Å². The third kappa shape index (κ3) is 2.91. The molecule has 0 radical (unpaired) electrons. The average Bonchev–Trinajstić information content (AvgIpc) is 3.34. The van der Waals surface area contributed by atoms with Crippen molar-refractivity contribution in [1.82, 2.24) is 30.1 Å². The highest BCUT2D eigenvalue weighted by Crippen LogP contribution is 2.30. The Hall–Kier alpha value is -2.94. The lowest BCUT2D eigenvalue weighted by Gasteiger charge is -2.28. The SMILES string of the molecule is COC(=O)N1CCC(c2nc(-c3ccc4cnn(C5CNC5)c4c3)no2)CC1. The summed E-state index contributed by atoms with van der Waals surface area (Å²) in [4.78, 5) is 18.0. The number of hydrogen-bond acceptors (Lipinski definition) is 7. The van der Waals surface area contributed by atoms with Crippen molar-refractivity contribution in [3.63, 3.8) is 0 Å². The van der Waals surface area contributed by atoms with E-state index in [1.54, 1.807) is 4.90 Å². The summed E-state index contributed by atoms with van der Waals surface area (Å²) in [6.45, 7) is 3.15. The second-order valence-electron chi connectivity index (χ2n) is 7.36. The van der Waals surface area contributed by atoms with Crippen molar-refractivity contribution in [3.8, 4) is 11.4 Å². The van der Waals surface area contributed by atoms with Crippen LogP contribution in [-0.2, 0) is 4.74 Å². The third-order valence-corrected chi connectivity index (χ3v) is 5.68. The van der Waals surface area contributed by atoms with Crippen molar-refractivity contribution in [2.24, 2.45) is 0 Å². The number of ether oxygens (including phenoxy) is 1. The summed E-state index contributed by atoms with van der Waals surface area (Å²) < 4.78 is 12.4. The van der Waals surface area contributed by atoms with E-state index in [0.717, 1.165) is 42.4 Å². The zero-order valence-corrected chi connectivity index (χ0v) is 15.7. The van der Waals surface area contributed by atoms with Gasteiger partial charge in [-0.3, -0.25) is 4.68 Å². The van der Waals surface area contributed by atoms with Crippen molar-refractivity contribution in [2.75, 3.05) is 33.3 Å². The second-order valence-corrected chi connectivity index (χ2v) is 7.36. The van der Waals surface area contributed by atoms with Crippen molar-refractivity contribution < 1.29 is 14.1 Å². The zero-order valence-electron chi connectivity index (χ0n) is 15.7. The Labute approximate surface area is 161 Å². The van der Waals surface area contributed by atoms with Gasteiger partial charge in [-0.05, 0) is 18.9 Å². The van der Waals surface area contributed by atoms with Crippen LogP contribution in [0.15, 0.2) is 28.9 Å². The Bertz CT molecular complexity index is 1000. The van der Waals surface area contributed by atoms with Gasteiger partial charge in [0.2, 0.25) is 11.7 Å². The van der Waals surface area contributed by atoms with Crippen LogP contribution in [0.2, 0.25) is 0 Å². The van der Waals surface area contributed by atoms with Crippen LogP contribution in [0.4, 0.5) is 4.79 Å². The molecule has 0 aliphatic carbocycles. The molecule has 2 saturated heterocycles. The van der Waals surface area contributed by atoms with Gasteiger partial charge in [-0.15, -0.1) is 0 Å². The molecular formula is C19H22N6O3. The molecule has 2 aromatic heterocycles. The van der Waals surface area contributed by atoms with E-state index in [1.807, 2.05) is 18.3 Å². The monoisotopic (exact) mass is 382 g/mol. The maximum Gasteiger partial charge on any atom is 0.409 e. The number of carbonyl (C=O) groups excluding carboxylic acids is 1. The maximum atomic E-state index is 11.6. The first kappa shape index (κ1) is 17.2. The summed E-state index contributed by atoms with van der Waals surface area (Å²) in [5.41, 5.74) is 2.00. The van der Waals surface area contributed by atoms with Gasteiger partial charge in [-0.2, -0.15) is 10.1 Å². The standard InChI is InChI=1S/C19H22N6O3/c1-27-19(26)24-6-4-12(5-7-24)18-22-17(23-28-18)13-2-3-14-9-21-25(16(14)8-13)15-10-20-11-15/h2-3,8-9,12,15,20H,4-7,10-11H2,1H3. The predicted molar refractivity (Wildman–Crippen MR) is 101 cm³/mol. The van der Waals surface area contributed by atoms with Crippen molar-refractivity contribution in [2.45, 2.75) is 24.8 Å². The highest BCUT2D eigenvalue weighted by molar-refractivity contribution is 5.83. The largest absolute Gasteiger partial charge is 0.453 e. The summed E-state index contributed by atoms with van der Waals surface area (Å²) in [7, 11) is 1.41. The lowest BCUT2D eigenvalue weighted by Crippen LogP contribution is -2.43. The lowest BCUT2D eigenvalue weighted by molar-refractivity contribution is 0.109. The molecule has 0 spiro atoms. The van der Waals surface area contributed by atoms with Crippen LogP contribution in [0.5, 0.6) is 0 Å². The fourth-order valence-electron chi connectivity index (χ4n) is 3.87. The lowest BCUT2D eigenvalue weighted by atomic mass is 9.97. The van der Waals surface area contributed by atoms with Gasteiger partial charge >= 0.3 is 6.09 Å².